The summed E-state index contributed by atoms with van der Waals surface area (Å²) in [6.45, 7) is 2.18. The Morgan fingerprint density at radius 1 is 1.40 bits per heavy atom. The molecule has 1 aliphatic rings. The summed E-state index contributed by atoms with van der Waals surface area (Å²) < 4.78 is 10.6. The van der Waals surface area contributed by atoms with E-state index in [2.05, 4.69) is 28.9 Å². The summed E-state index contributed by atoms with van der Waals surface area (Å²) in [6, 6.07) is 6.14. The zero-order valence-electron chi connectivity index (χ0n) is 9.21. The molecular weight excluding hydrogens is 256 g/mol. The van der Waals surface area contributed by atoms with E-state index in [0.717, 1.165) is 17.7 Å². The second kappa shape index (κ2) is 3.80. The van der Waals surface area contributed by atoms with E-state index in [1.807, 2.05) is 12.1 Å². The van der Waals surface area contributed by atoms with E-state index in [1.54, 1.807) is 14.2 Å². The molecule has 0 heterocycles. The van der Waals surface area contributed by atoms with Crippen LogP contribution in [0.25, 0.3) is 0 Å². The first-order chi connectivity index (χ1) is 7.13. The van der Waals surface area contributed by atoms with Crippen molar-refractivity contribution in [1.29, 1.82) is 0 Å². The second-order valence-corrected chi connectivity index (χ2v) is 5.13. The maximum absolute atomic E-state index is 5.62. The Balaban J connectivity index is 2.60. The standard InChI is InChI=1S/C12H15BrO2/c1-8-7-9-5-4-6-10(14-2)11(9)12(8,13)15-3/h4-6,8H,7H2,1-3H3. The van der Waals surface area contributed by atoms with Crippen molar-refractivity contribution in [2.75, 3.05) is 14.2 Å². The minimum atomic E-state index is -0.394. The number of ether oxygens (including phenoxy) is 2. The van der Waals surface area contributed by atoms with Gasteiger partial charge in [-0.05, 0) is 34.0 Å². The third-order valence-electron chi connectivity index (χ3n) is 3.13. The molecule has 0 amide bonds. The minimum Gasteiger partial charge on any atom is -0.496 e. The van der Waals surface area contributed by atoms with Gasteiger partial charge in [-0.1, -0.05) is 19.1 Å². The maximum Gasteiger partial charge on any atom is 0.154 e. The normalized spacial score (nSPS) is 28.9. The molecule has 2 atom stereocenters. The summed E-state index contributed by atoms with van der Waals surface area (Å²) in [6.07, 6.45) is 1.02. The fraction of sp³-hybridized carbons (Fsp3) is 0.500. The van der Waals surface area contributed by atoms with Gasteiger partial charge in [-0.2, -0.15) is 0 Å². The van der Waals surface area contributed by atoms with Crippen LogP contribution in [0.5, 0.6) is 5.75 Å². The van der Waals surface area contributed by atoms with Crippen LogP contribution in [-0.4, -0.2) is 14.2 Å². The van der Waals surface area contributed by atoms with Crippen molar-refractivity contribution >= 4 is 15.9 Å². The molecule has 0 fully saturated rings. The van der Waals surface area contributed by atoms with Crippen LogP contribution >= 0.6 is 15.9 Å². The van der Waals surface area contributed by atoms with Gasteiger partial charge in [0.05, 0.1) is 7.11 Å². The second-order valence-electron chi connectivity index (χ2n) is 3.95. The van der Waals surface area contributed by atoms with Crippen molar-refractivity contribution in [3.8, 4) is 5.75 Å². The number of fused-ring (bicyclic) bond motifs is 1. The zero-order valence-corrected chi connectivity index (χ0v) is 10.8. The van der Waals surface area contributed by atoms with E-state index in [4.69, 9.17) is 9.47 Å². The minimum absolute atomic E-state index is 0.394. The first kappa shape index (κ1) is 11.0. The van der Waals surface area contributed by atoms with Crippen LogP contribution in [-0.2, 0) is 15.7 Å². The number of alkyl halides is 1. The third-order valence-corrected chi connectivity index (χ3v) is 4.63. The average molecular weight is 271 g/mol. The molecule has 0 N–H and O–H groups in total. The highest BCUT2D eigenvalue weighted by molar-refractivity contribution is 9.09. The number of methoxy groups -OCH3 is 2. The van der Waals surface area contributed by atoms with Crippen molar-refractivity contribution in [3.63, 3.8) is 0 Å². The molecule has 1 aromatic rings. The van der Waals surface area contributed by atoms with Gasteiger partial charge in [-0.15, -0.1) is 0 Å². The van der Waals surface area contributed by atoms with E-state index < -0.39 is 4.51 Å². The first-order valence-corrected chi connectivity index (χ1v) is 5.83. The predicted molar refractivity (Wildman–Crippen MR) is 63.5 cm³/mol. The SMILES string of the molecule is COc1cccc2c1C(Br)(OC)C(C)C2. The molecule has 0 saturated carbocycles. The van der Waals surface area contributed by atoms with E-state index in [1.165, 1.54) is 5.56 Å². The van der Waals surface area contributed by atoms with Gasteiger partial charge < -0.3 is 9.47 Å². The molecular formula is C12H15BrO2. The quantitative estimate of drug-likeness (QED) is 0.769. The highest BCUT2D eigenvalue weighted by atomic mass is 79.9. The van der Waals surface area contributed by atoms with E-state index in [0.29, 0.717) is 5.92 Å². The van der Waals surface area contributed by atoms with E-state index in [-0.39, 0.29) is 0 Å². The van der Waals surface area contributed by atoms with Crippen LogP contribution in [0.2, 0.25) is 0 Å². The molecule has 2 nitrogen and oxygen atoms in total. The lowest BCUT2D eigenvalue weighted by Crippen LogP contribution is -2.25. The van der Waals surface area contributed by atoms with Gasteiger partial charge in [0.1, 0.15) is 5.75 Å². The number of rotatable bonds is 2. The Morgan fingerprint density at radius 2 is 2.13 bits per heavy atom. The first-order valence-electron chi connectivity index (χ1n) is 5.04. The van der Waals surface area contributed by atoms with Gasteiger partial charge in [0.25, 0.3) is 0 Å². The van der Waals surface area contributed by atoms with Gasteiger partial charge in [0.2, 0.25) is 0 Å². The molecule has 0 saturated heterocycles. The summed E-state index contributed by atoms with van der Waals surface area (Å²) in [5.74, 6) is 1.31. The lowest BCUT2D eigenvalue weighted by molar-refractivity contribution is 0.0401. The predicted octanol–water partition coefficient (Wildman–Crippen LogP) is 3.08. The molecule has 2 rings (SSSR count). The van der Waals surface area contributed by atoms with Crippen molar-refractivity contribution in [2.24, 2.45) is 5.92 Å². The Hall–Kier alpha value is -0.540. The number of hydrogen-bond donors (Lipinski definition) is 0. The molecule has 2 unspecified atom stereocenters. The fourth-order valence-corrected chi connectivity index (χ4v) is 2.93. The molecule has 0 bridgehead atoms. The van der Waals surface area contributed by atoms with Gasteiger partial charge in [0.15, 0.2) is 4.51 Å². The highest BCUT2D eigenvalue weighted by Crippen LogP contribution is 2.51. The van der Waals surface area contributed by atoms with E-state index in [9.17, 15) is 0 Å². The Morgan fingerprint density at radius 3 is 2.73 bits per heavy atom. The molecule has 1 aliphatic carbocycles. The van der Waals surface area contributed by atoms with Crippen molar-refractivity contribution in [3.05, 3.63) is 29.3 Å². The Bertz CT molecular complexity index is 378. The summed E-state index contributed by atoms with van der Waals surface area (Å²) >= 11 is 3.70. The van der Waals surface area contributed by atoms with Crippen LogP contribution in [0.3, 0.4) is 0 Å². The van der Waals surface area contributed by atoms with Crippen LogP contribution in [0.1, 0.15) is 18.1 Å². The van der Waals surface area contributed by atoms with Gasteiger partial charge in [-0.25, -0.2) is 0 Å². The van der Waals surface area contributed by atoms with Crippen molar-refractivity contribution in [1.82, 2.24) is 0 Å². The lowest BCUT2D eigenvalue weighted by Gasteiger charge is -2.27. The average Bonchev–Trinajstić information content (AvgIpc) is 2.52. The summed E-state index contributed by atoms with van der Waals surface area (Å²) in [5, 5.41) is 0. The van der Waals surface area contributed by atoms with Gasteiger partial charge in [0, 0.05) is 18.6 Å². The zero-order chi connectivity index (χ0) is 11.1. The molecule has 82 valence electrons. The van der Waals surface area contributed by atoms with Crippen molar-refractivity contribution < 1.29 is 9.47 Å². The van der Waals surface area contributed by atoms with Gasteiger partial charge >= 0.3 is 0 Å². The molecule has 0 spiro atoms. The number of hydrogen-bond acceptors (Lipinski definition) is 2. The monoisotopic (exact) mass is 270 g/mol. The van der Waals surface area contributed by atoms with Gasteiger partial charge in [-0.3, -0.25) is 0 Å². The van der Waals surface area contributed by atoms with Crippen LogP contribution < -0.4 is 4.74 Å². The van der Waals surface area contributed by atoms with Crippen LogP contribution in [0, 0.1) is 5.92 Å². The number of halogens is 1. The van der Waals surface area contributed by atoms with Crippen LogP contribution in [0.15, 0.2) is 18.2 Å². The highest BCUT2D eigenvalue weighted by Gasteiger charge is 2.45. The summed E-state index contributed by atoms with van der Waals surface area (Å²) in [4.78, 5) is 0. The molecule has 15 heavy (non-hydrogen) atoms. The molecule has 1 aromatic carbocycles. The maximum atomic E-state index is 5.62. The smallest absolute Gasteiger partial charge is 0.154 e. The van der Waals surface area contributed by atoms with Crippen molar-refractivity contribution in [2.45, 2.75) is 17.9 Å². The summed E-state index contributed by atoms with van der Waals surface area (Å²) in [5.41, 5.74) is 2.45. The molecule has 0 aromatic heterocycles. The Kier molecular flexibility index (Phi) is 2.77. The summed E-state index contributed by atoms with van der Waals surface area (Å²) in [7, 11) is 3.43. The third kappa shape index (κ3) is 1.49. The largest absolute Gasteiger partial charge is 0.496 e. The fourth-order valence-electron chi connectivity index (χ4n) is 2.31. The Labute approximate surface area is 98.7 Å². The lowest BCUT2D eigenvalue weighted by atomic mass is 10.1. The topological polar surface area (TPSA) is 18.5 Å². The molecule has 0 aliphatic heterocycles. The number of benzene rings is 1. The molecule has 0 radical (unpaired) electrons. The molecule has 3 heteroatoms. The van der Waals surface area contributed by atoms with Crippen LogP contribution in [0.4, 0.5) is 0 Å². The van der Waals surface area contributed by atoms with E-state index >= 15 is 0 Å².